The van der Waals surface area contributed by atoms with E-state index in [1.54, 1.807) is 4.90 Å². The standard InChI is InChI=1S/C17H19BrF3N3O4S/c18-10-1-3-14(12(9-10)17(19,20)21)29(27,28)23-11-5-7-24(8-6-11)16(26)13-2-4-15(25)22-13/h1,3,9,11,13,23H,2,4-8H2,(H,22,25)/t13-/m0/s1. The van der Waals surface area contributed by atoms with E-state index >= 15 is 0 Å². The number of rotatable bonds is 4. The van der Waals surface area contributed by atoms with Gasteiger partial charge >= 0.3 is 6.18 Å². The first kappa shape index (κ1) is 22.0. The Morgan fingerprint density at radius 1 is 1.21 bits per heavy atom. The molecule has 0 unspecified atom stereocenters. The maximum atomic E-state index is 13.3. The van der Waals surface area contributed by atoms with E-state index in [1.807, 2.05) is 0 Å². The summed E-state index contributed by atoms with van der Waals surface area (Å²) in [6.07, 6.45) is -3.57. The first-order valence-electron chi connectivity index (χ1n) is 8.94. The summed E-state index contributed by atoms with van der Waals surface area (Å²) < 4.78 is 67.4. The van der Waals surface area contributed by atoms with E-state index in [2.05, 4.69) is 26.0 Å². The van der Waals surface area contributed by atoms with Crippen LogP contribution in [0.4, 0.5) is 13.2 Å². The first-order valence-corrected chi connectivity index (χ1v) is 11.2. The molecule has 0 saturated carbocycles. The first-order chi connectivity index (χ1) is 13.5. The highest BCUT2D eigenvalue weighted by molar-refractivity contribution is 9.10. The fourth-order valence-corrected chi connectivity index (χ4v) is 5.35. The lowest BCUT2D eigenvalue weighted by Crippen LogP contribution is -2.51. The molecule has 1 atom stereocenters. The van der Waals surface area contributed by atoms with E-state index in [0.29, 0.717) is 12.8 Å². The molecule has 7 nitrogen and oxygen atoms in total. The highest BCUT2D eigenvalue weighted by atomic mass is 79.9. The number of carbonyl (C=O) groups excluding carboxylic acids is 2. The number of carbonyl (C=O) groups is 2. The molecule has 0 aromatic heterocycles. The monoisotopic (exact) mass is 497 g/mol. The molecule has 1 aromatic rings. The highest BCUT2D eigenvalue weighted by Gasteiger charge is 2.39. The van der Waals surface area contributed by atoms with Crippen LogP contribution < -0.4 is 10.0 Å². The van der Waals surface area contributed by atoms with Gasteiger partial charge in [0.1, 0.15) is 6.04 Å². The predicted molar refractivity (Wildman–Crippen MR) is 100 cm³/mol. The Morgan fingerprint density at radius 3 is 2.41 bits per heavy atom. The SMILES string of the molecule is O=C1CC[C@@H](C(=O)N2CCC(NS(=O)(=O)c3ccc(Br)cc3C(F)(F)F)CC2)N1. The van der Waals surface area contributed by atoms with Crippen molar-refractivity contribution in [3.63, 3.8) is 0 Å². The fraction of sp³-hybridized carbons (Fsp3) is 0.529. The molecular formula is C17H19BrF3N3O4S. The van der Waals surface area contributed by atoms with E-state index in [1.165, 1.54) is 6.07 Å². The number of nitrogens with one attached hydrogen (secondary N) is 2. The molecule has 1 aromatic carbocycles. The molecule has 2 amide bonds. The smallest absolute Gasteiger partial charge is 0.344 e. The zero-order valence-electron chi connectivity index (χ0n) is 15.1. The number of halogens is 4. The van der Waals surface area contributed by atoms with Gasteiger partial charge in [0.25, 0.3) is 0 Å². The number of alkyl halides is 3. The lowest BCUT2D eigenvalue weighted by Gasteiger charge is -2.33. The van der Waals surface area contributed by atoms with Gasteiger partial charge in [-0.3, -0.25) is 9.59 Å². The summed E-state index contributed by atoms with van der Waals surface area (Å²) in [6, 6.07) is 1.73. The quantitative estimate of drug-likeness (QED) is 0.665. The van der Waals surface area contributed by atoms with E-state index < -0.39 is 38.7 Å². The van der Waals surface area contributed by atoms with Crippen LogP contribution in [0.3, 0.4) is 0 Å². The molecule has 0 spiro atoms. The number of nitrogens with zero attached hydrogens (tertiary/aromatic N) is 1. The largest absolute Gasteiger partial charge is 0.417 e. The third-order valence-electron chi connectivity index (χ3n) is 4.96. The summed E-state index contributed by atoms with van der Waals surface area (Å²) in [5, 5.41) is 2.59. The minimum Gasteiger partial charge on any atom is -0.344 e. The third kappa shape index (κ3) is 5.10. The van der Waals surface area contributed by atoms with Crippen molar-refractivity contribution < 1.29 is 31.2 Å². The van der Waals surface area contributed by atoms with Gasteiger partial charge in [-0.05, 0) is 37.5 Å². The fourth-order valence-electron chi connectivity index (χ4n) is 3.48. The summed E-state index contributed by atoms with van der Waals surface area (Å²) >= 11 is 2.93. The number of likely N-dealkylation sites (tertiary alicyclic amines) is 1. The molecule has 2 aliphatic heterocycles. The molecule has 2 N–H and O–H groups in total. The van der Waals surface area contributed by atoms with Crippen molar-refractivity contribution in [2.45, 2.75) is 48.8 Å². The van der Waals surface area contributed by atoms with Crippen molar-refractivity contribution >= 4 is 37.8 Å². The number of hydrogen-bond acceptors (Lipinski definition) is 4. The summed E-state index contributed by atoms with van der Waals surface area (Å²) in [5.41, 5.74) is -1.25. The van der Waals surface area contributed by atoms with Gasteiger partial charge in [0.05, 0.1) is 10.5 Å². The van der Waals surface area contributed by atoms with Gasteiger partial charge in [-0.15, -0.1) is 0 Å². The van der Waals surface area contributed by atoms with Crippen molar-refractivity contribution in [2.75, 3.05) is 13.1 Å². The zero-order valence-corrected chi connectivity index (χ0v) is 17.5. The van der Waals surface area contributed by atoms with E-state index in [-0.39, 0.29) is 42.2 Å². The van der Waals surface area contributed by atoms with Crippen LogP contribution >= 0.6 is 15.9 Å². The number of sulfonamides is 1. The van der Waals surface area contributed by atoms with Crippen LogP contribution in [0.1, 0.15) is 31.2 Å². The predicted octanol–water partition coefficient (Wildman–Crippen LogP) is 2.02. The normalized spacial score (nSPS) is 21.3. The topological polar surface area (TPSA) is 95.6 Å². The summed E-state index contributed by atoms with van der Waals surface area (Å²) in [5.74, 6) is -0.398. The van der Waals surface area contributed by atoms with Crippen LogP contribution in [0.25, 0.3) is 0 Å². The van der Waals surface area contributed by atoms with Crippen LogP contribution in [0, 0.1) is 0 Å². The third-order valence-corrected chi connectivity index (χ3v) is 7.03. The van der Waals surface area contributed by atoms with E-state index in [9.17, 15) is 31.2 Å². The van der Waals surface area contributed by atoms with Crippen LogP contribution in [0.5, 0.6) is 0 Å². The minimum absolute atomic E-state index is 0.120. The molecule has 12 heteroatoms. The second kappa shape index (κ2) is 8.23. The average Bonchev–Trinajstić information content (AvgIpc) is 3.07. The van der Waals surface area contributed by atoms with Gasteiger partial charge in [0.2, 0.25) is 21.8 Å². The van der Waals surface area contributed by atoms with E-state index in [0.717, 1.165) is 12.1 Å². The van der Waals surface area contributed by atoms with Gasteiger partial charge < -0.3 is 10.2 Å². The van der Waals surface area contributed by atoms with Gasteiger partial charge in [-0.1, -0.05) is 15.9 Å². The molecule has 0 bridgehead atoms. The second-order valence-corrected chi connectivity index (χ2v) is 9.62. The van der Waals surface area contributed by atoms with Crippen molar-refractivity contribution in [1.82, 2.24) is 14.9 Å². The number of benzene rings is 1. The number of amides is 2. The van der Waals surface area contributed by atoms with Gasteiger partial charge in [0.15, 0.2) is 0 Å². The summed E-state index contributed by atoms with van der Waals surface area (Å²) in [4.78, 5) is 24.4. The Balaban J connectivity index is 1.66. The van der Waals surface area contributed by atoms with Gasteiger partial charge in [0, 0.05) is 30.0 Å². The minimum atomic E-state index is -4.82. The Labute approximate surface area is 174 Å². The highest BCUT2D eigenvalue weighted by Crippen LogP contribution is 2.36. The van der Waals surface area contributed by atoms with Crippen LogP contribution in [0.15, 0.2) is 27.6 Å². The van der Waals surface area contributed by atoms with Crippen molar-refractivity contribution in [2.24, 2.45) is 0 Å². The lowest BCUT2D eigenvalue weighted by atomic mass is 10.0. The Hall–Kier alpha value is -1.66. The summed E-state index contributed by atoms with van der Waals surface area (Å²) in [6.45, 7) is 0.510. The van der Waals surface area contributed by atoms with Gasteiger partial charge in [-0.2, -0.15) is 13.2 Å². The molecule has 2 aliphatic rings. The summed E-state index contributed by atoms with van der Waals surface area (Å²) in [7, 11) is -4.40. The van der Waals surface area contributed by atoms with Crippen LogP contribution in [0.2, 0.25) is 0 Å². The molecule has 2 fully saturated rings. The Kier molecular flexibility index (Phi) is 6.25. The number of hydrogen-bond donors (Lipinski definition) is 2. The molecule has 2 heterocycles. The van der Waals surface area contributed by atoms with Crippen molar-refractivity contribution in [1.29, 1.82) is 0 Å². The molecular weight excluding hydrogens is 479 g/mol. The molecule has 29 heavy (non-hydrogen) atoms. The van der Waals surface area contributed by atoms with Crippen LogP contribution in [-0.2, 0) is 25.8 Å². The zero-order chi connectivity index (χ0) is 21.4. The van der Waals surface area contributed by atoms with Crippen LogP contribution in [-0.4, -0.2) is 50.3 Å². The van der Waals surface area contributed by atoms with Gasteiger partial charge in [-0.25, -0.2) is 13.1 Å². The lowest BCUT2D eigenvalue weighted by molar-refractivity contribution is -0.140. The molecule has 3 rings (SSSR count). The Morgan fingerprint density at radius 2 is 1.86 bits per heavy atom. The maximum absolute atomic E-state index is 13.3. The second-order valence-electron chi connectivity index (χ2n) is 7.02. The Bertz CT molecular complexity index is 915. The maximum Gasteiger partial charge on any atom is 0.417 e. The molecule has 0 aliphatic carbocycles. The molecule has 160 valence electrons. The average molecular weight is 498 g/mol. The molecule has 0 radical (unpaired) electrons. The molecule has 2 saturated heterocycles. The number of piperidine rings is 1. The van der Waals surface area contributed by atoms with Crippen molar-refractivity contribution in [3.8, 4) is 0 Å². The van der Waals surface area contributed by atoms with E-state index in [4.69, 9.17) is 0 Å². The van der Waals surface area contributed by atoms with Crippen molar-refractivity contribution in [3.05, 3.63) is 28.2 Å².